The van der Waals surface area contributed by atoms with E-state index in [1.165, 1.54) is 6.07 Å². The number of carbonyl (C=O) groups is 1. The molecule has 3 aromatic rings. The lowest BCUT2D eigenvalue weighted by Gasteiger charge is -2.30. The number of hydrogen-bond donors (Lipinski definition) is 3. The van der Waals surface area contributed by atoms with Gasteiger partial charge in [0.1, 0.15) is 17.4 Å². The Bertz CT molecular complexity index is 1180. The fraction of sp³-hybridized carbons (Fsp3) is 0.308. The molecule has 2 atom stereocenters. The van der Waals surface area contributed by atoms with Crippen LogP contribution in [0.15, 0.2) is 54.7 Å². The van der Waals surface area contributed by atoms with Crippen LogP contribution in [0.5, 0.6) is 5.75 Å². The number of aromatic nitrogens is 1. The van der Waals surface area contributed by atoms with Crippen molar-refractivity contribution in [1.82, 2.24) is 15.6 Å². The fourth-order valence-corrected chi connectivity index (χ4v) is 4.11. The first-order valence-corrected chi connectivity index (χ1v) is 11.3. The first kappa shape index (κ1) is 23.8. The van der Waals surface area contributed by atoms with Gasteiger partial charge in [0, 0.05) is 48.7 Å². The van der Waals surface area contributed by atoms with Gasteiger partial charge in [0.05, 0.1) is 18.3 Å². The normalized spacial score (nSPS) is 18.3. The van der Waals surface area contributed by atoms with Crippen molar-refractivity contribution in [3.63, 3.8) is 0 Å². The molecule has 0 radical (unpaired) electrons. The largest absolute Gasteiger partial charge is 0.497 e. The first-order chi connectivity index (χ1) is 16.5. The molecule has 1 saturated heterocycles. The summed E-state index contributed by atoms with van der Waals surface area (Å²) in [5.74, 6) is -0.256. The molecule has 1 aliphatic heterocycles. The Morgan fingerprint density at radius 2 is 2.09 bits per heavy atom. The number of benzene rings is 2. The minimum atomic E-state index is -0.461. The van der Waals surface area contributed by atoms with Crippen LogP contribution in [-0.4, -0.2) is 43.2 Å². The highest BCUT2D eigenvalue weighted by molar-refractivity contribution is 6.01. The number of ether oxygens (including phenoxy) is 1. The highest BCUT2D eigenvalue weighted by Crippen LogP contribution is 2.26. The molecule has 2 aromatic carbocycles. The zero-order chi connectivity index (χ0) is 23.9. The molecular formula is C26H28F2N4O2. The summed E-state index contributed by atoms with van der Waals surface area (Å²) in [6.07, 6.45) is 7.19. The van der Waals surface area contributed by atoms with Crippen molar-refractivity contribution in [3.05, 3.63) is 71.9 Å². The quantitative estimate of drug-likeness (QED) is 0.462. The average Bonchev–Trinajstić information content (AvgIpc) is 2.84. The number of rotatable bonds is 8. The van der Waals surface area contributed by atoms with Crippen LogP contribution in [0.2, 0.25) is 0 Å². The van der Waals surface area contributed by atoms with Gasteiger partial charge in [-0.25, -0.2) is 8.78 Å². The summed E-state index contributed by atoms with van der Waals surface area (Å²) in [6, 6.07) is 11.1. The summed E-state index contributed by atoms with van der Waals surface area (Å²) in [4.78, 5) is 17.0. The van der Waals surface area contributed by atoms with Crippen molar-refractivity contribution in [1.29, 1.82) is 0 Å². The average molecular weight is 467 g/mol. The maximum Gasteiger partial charge on any atom is 0.225 e. The fourth-order valence-electron chi connectivity index (χ4n) is 4.11. The molecule has 0 spiro atoms. The summed E-state index contributed by atoms with van der Waals surface area (Å²) in [5, 5.41) is 10.7. The second-order valence-electron chi connectivity index (χ2n) is 8.35. The number of hydrogen-bond acceptors (Lipinski definition) is 5. The highest BCUT2D eigenvalue weighted by Gasteiger charge is 2.22. The van der Waals surface area contributed by atoms with E-state index in [-0.39, 0.29) is 23.6 Å². The number of anilines is 1. The van der Waals surface area contributed by atoms with E-state index >= 15 is 0 Å². The Morgan fingerprint density at radius 3 is 2.88 bits per heavy atom. The molecular weight excluding hydrogens is 438 g/mol. The van der Waals surface area contributed by atoms with Gasteiger partial charge < -0.3 is 20.7 Å². The van der Waals surface area contributed by atoms with Gasteiger partial charge in [-0.15, -0.1) is 0 Å². The van der Waals surface area contributed by atoms with Crippen LogP contribution in [0, 0.1) is 11.6 Å². The number of fused-ring (bicyclic) bond motifs is 1. The van der Waals surface area contributed by atoms with E-state index in [1.54, 1.807) is 31.5 Å². The van der Waals surface area contributed by atoms with Gasteiger partial charge in [0.25, 0.3) is 0 Å². The lowest BCUT2D eigenvalue weighted by atomic mass is 9.98. The van der Waals surface area contributed by atoms with Crippen LogP contribution in [0.4, 0.5) is 14.5 Å². The predicted octanol–water partition coefficient (Wildman–Crippen LogP) is 4.27. The van der Waals surface area contributed by atoms with E-state index in [9.17, 15) is 13.6 Å². The van der Waals surface area contributed by atoms with E-state index < -0.39 is 11.6 Å². The van der Waals surface area contributed by atoms with Gasteiger partial charge in [-0.1, -0.05) is 12.2 Å². The number of nitrogens with zero attached hydrogens (tertiary/aromatic N) is 1. The van der Waals surface area contributed by atoms with Crippen molar-refractivity contribution in [2.24, 2.45) is 0 Å². The van der Waals surface area contributed by atoms with Gasteiger partial charge in [-0.05, 0) is 55.3 Å². The maximum atomic E-state index is 13.7. The van der Waals surface area contributed by atoms with Gasteiger partial charge in [0.15, 0.2) is 0 Å². The molecule has 0 bridgehead atoms. The Balaban J connectivity index is 1.23. The van der Waals surface area contributed by atoms with Gasteiger partial charge in [-0.3, -0.25) is 9.78 Å². The smallest absolute Gasteiger partial charge is 0.225 e. The molecule has 2 unspecified atom stereocenters. The zero-order valence-electron chi connectivity index (χ0n) is 19.0. The third-order valence-electron chi connectivity index (χ3n) is 5.95. The molecule has 3 N–H and O–H groups in total. The third kappa shape index (κ3) is 6.15. The van der Waals surface area contributed by atoms with Crippen LogP contribution in [0.1, 0.15) is 24.8 Å². The van der Waals surface area contributed by atoms with E-state index in [1.807, 2.05) is 18.2 Å². The number of nitrogens with one attached hydrogen (secondary N) is 3. The molecule has 1 amide bonds. The zero-order valence-corrected chi connectivity index (χ0v) is 19.0. The van der Waals surface area contributed by atoms with Crippen molar-refractivity contribution in [2.45, 2.75) is 31.3 Å². The molecule has 1 aliphatic rings. The summed E-state index contributed by atoms with van der Waals surface area (Å²) in [7, 11) is 1.60. The van der Waals surface area contributed by atoms with E-state index in [0.717, 1.165) is 42.4 Å². The minimum Gasteiger partial charge on any atom is -0.497 e. The van der Waals surface area contributed by atoms with Crippen LogP contribution < -0.4 is 20.7 Å². The Morgan fingerprint density at radius 1 is 1.21 bits per heavy atom. The Hall–Kier alpha value is -3.36. The van der Waals surface area contributed by atoms with Gasteiger partial charge >= 0.3 is 0 Å². The molecule has 4 rings (SSSR count). The number of carbonyl (C=O) groups excluding carboxylic acids is 1. The number of halogens is 2. The predicted molar refractivity (Wildman–Crippen MR) is 130 cm³/mol. The number of piperidine rings is 1. The third-order valence-corrected chi connectivity index (χ3v) is 5.95. The Labute approximate surface area is 197 Å². The number of methoxy groups -OCH3 is 1. The van der Waals surface area contributed by atoms with E-state index in [4.69, 9.17) is 4.74 Å². The van der Waals surface area contributed by atoms with Crippen LogP contribution >= 0.6 is 0 Å². The summed E-state index contributed by atoms with van der Waals surface area (Å²) >= 11 is 0. The van der Waals surface area contributed by atoms with Crippen molar-refractivity contribution < 1.29 is 18.3 Å². The molecule has 8 heteroatoms. The van der Waals surface area contributed by atoms with Crippen molar-refractivity contribution in [3.8, 4) is 5.75 Å². The topological polar surface area (TPSA) is 75.3 Å². The van der Waals surface area contributed by atoms with Gasteiger partial charge in [0.2, 0.25) is 5.91 Å². The molecule has 1 aromatic heterocycles. The molecule has 1 fully saturated rings. The molecule has 2 heterocycles. The lowest BCUT2D eigenvalue weighted by molar-refractivity contribution is -0.116. The van der Waals surface area contributed by atoms with Crippen molar-refractivity contribution >= 4 is 28.6 Å². The molecule has 0 aliphatic carbocycles. The second kappa shape index (κ2) is 11.2. The maximum absolute atomic E-state index is 13.7. The van der Waals surface area contributed by atoms with Crippen LogP contribution in [-0.2, 0) is 4.79 Å². The second-order valence-corrected chi connectivity index (χ2v) is 8.35. The molecule has 6 nitrogen and oxygen atoms in total. The summed E-state index contributed by atoms with van der Waals surface area (Å²) in [6.45, 7) is 1.28. The minimum absolute atomic E-state index is 0.0562. The van der Waals surface area contributed by atoms with E-state index in [2.05, 4.69) is 20.9 Å². The van der Waals surface area contributed by atoms with Crippen LogP contribution in [0.3, 0.4) is 0 Å². The van der Waals surface area contributed by atoms with Crippen molar-refractivity contribution in [2.75, 3.05) is 25.5 Å². The highest BCUT2D eigenvalue weighted by atomic mass is 19.1. The standard InChI is InChI=1S/C26H28F2N4O2/c1-34-21-7-9-24-22(15-21)25(10-12-30-24)32-26(33)14-19-5-6-20(16-31-19)29-11-2-3-17-13-18(27)4-8-23(17)28/h2-4,7-10,12-13,15,19-20,29,31H,5-6,11,14,16H2,1H3,(H,30,32,33)/b3-2+. The lowest BCUT2D eigenvalue weighted by Crippen LogP contribution is -2.48. The molecule has 178 valence electrons. The SMILES string of the molecule is COc1ccc2nccc(NC(=O)CC3CCC(NC/C=C/c4cc(F)ccc4F)CN3)c2c1. The number of pyridine rings is 1. The number of amides is 1. The van der Waals surface area contributed by atoms with Gasteiger partial charge in [-0.2, -0.15) is 0 Å². The molecule has 0 saturated carbocycles. The summed E-state index contributed by atoms with van der Waals surface area (Å²) in [5.41, 5.74) is 1.73. The first-order valence-electron chi connectivity index (χ1n) is 11.3. The van der Waals surface area contributed by atoms with E-state index in [0.29, 0.717) is 24.4 Å². The Kier molecular flexibility index (Phi) is 7.82. The summed E-state index contributed by atoms with van der Waals surface area (Å²) < 4.78 is 32.2. The monoisotopic (exact) mass is 466 g/mol. The van der Waals surface area contributed by atoms with Crippen LogP contribution in [0.25, 0.3) is 17.0 Å². The molecule has 34 heavy (non-hydrogen) atoms.